The van der Waals surface area contributed by atoms with Crippen LogP contribution in [0, 0.1) is 11.3 Å². The third-order valence-electron chi connectivity index (χ3n) is 5.42. The molecule has 0 spiro atoms. The normalized spacial score (nSPS) is 23.7. The lowest BCUT2D eigenvalue weighted by Crippen LogP contribution is -2.45. The first-order valence-electron chi connectivity index (χ1n) is 9.10. The van der Waals surface area contributed by atoms with E-state index in [2.05, 4.69) is 0 Å². The van der Waals surface area contributed by atoms with Crippen LogP contribution in [0.5, 0.6) is 0 Å². The van der Waals surface area contributed by atoms with Gasteiger partial charge in [0.05, 0.1) is 6.61 Å². The van der Waals surface area contributed by atoms with Crippen LogP contribution in [0.15, 0.2) is 47.6 Å². The smallest absolute Gasteiger partial charge is 0.317 e. The number of carbonyl (C=O) groups is 4. The molecule has 140 valence electrons. The highest BCUT2D eigenvalue weighted by molar-refractivity contribution is 6.29. The summed E-state index contributed by atoms with van der Waals surface area (Å²) in [6.45, 7) is 5.00. The molecule has 2 atom stereocenters. The van der Waals surface area contributed by atoms with Gasteiger partial charge in [0.25, 0.3) is 0 Å². The van der Waals surface area contributed by atoms with Crippen molar-refractivity contribution < 1.29 is 23.9 Å². The number of esters is 1. The molecular formula is C22H22O5. The number of fused-ring (bicyclic) bond motifs is 1. The number of rotatable bonds is 5. The van der Waals surface area contributed by atoms with Crippen LogP contribution in [0.2, 0.25) is 0 Å². The van der Waals surface area contributed by atoms with Crippen molar-refractivity contribution in [2.24, 2.45) is 11.3 Å². The van der Waals surface area contributed by atoms with E-state index in [1.807, 2.05) is 0 Å². The van der Waals surface area contributed by atoms with Gasteiger partial charge in [-0.05, 0) is 33.1 Å². The molecule has 0 aliphatic heterocycles. The van der Waals surface area contributed by atoms with Gasteiger partial charge >= 0.3 is 5.97 Å². The van der Waals surface area contributed by atoms with Crippen molar-refractivity contribution in [2.45, 2.75) is 33.6 Å². The molecule has 5 heteroatoms. The first kappa shape index (κ1) is 19.0. The van der Waals surface area contributed by atoms with Gasteiger partial charge in [-0.15, -0.1) is 0 Å². The SMILES string of the molecule is CCOC(=O)[C@]1(C)C2=C(C=C[C@@H]1CCC(C)=O)C(=O)c1ccccc1C2=O. The zero-order chi connectivity index (χ0) is 19.8. The average molecular weight is 366 g/mol. The predicted molar refractivity (Wildman–Crippen MR) is 99.4 cm³/mol. The average Bonchev–Trinajstić information content (AvgIpc) is 2.65. The second-order valence-corrected chi connectivity index (χ2v) is 7.12. The fraction of sp³-hybridized carbons (Fsp3) is 0.364. The largest absolute Gasteiger partial charge is 0.465 e. The van der Waals surface area contributed by atoms with Crippen molar-refractivity contribution in [1.29, 1.82) is 0 Å². The van der Waals surface area contributed by atoms with Crippen molar-refractivity contribution in [2.75, 3.05) is 6.61 Å². The van der Waals surface area contributed by atoms with E-state index in [-0.39, 0.29) is 41.5 Å². The van der Waals surface area contributed by atoms with Gasteiger partial charge in [0.15, 0.2) is 11.6 Å². The van der Waals surface area contributed by atoms with Gasteiger partial charge in [-0.25, -0.2) is 0 Å². The van der Waals surface area contributed by atoms with Crippen LogP contribution in [0.4, 0.5) is 0 Å². The Morgan fingerprint density at radius 3 is 2.33 bits per heavy atom. The molecule has 1 aromatic rings. The molecular weight excluding hydrogens is 344 g/mol. The lowest BCUT2D eigenvalue weighted by molar-refractivity contribution is -0.154. The molecule has 0 fully saturated rings. The monoisotopic (exact) mass is 366 g/mol. The summed E-state index contributed by atoms with van der Waals surface area (Å²) in [4.78, 5) is 50.7. The third-order valence-corrected chi connectivity index (χ3v) is 5.42. The summed E-state index contributed by atoms with van der Waals surface area (Å²) in [6, 6.07) is 6.63. The number of hydrogen-bond acceptors (Lipinski definition) is 5. The van der Waals surface area contributed by atoms with Crippen molar-refractivity contribution in [3.63, 3.8) is 0 Å². The molecule has 0 saturated heterocycles. The fourth-order valence-electron chi connectivity index (χ4n) is 3.94. The van der Waals surface area contributed by atoms with E-state index in [1.54, 1.807) is 50.3 Å². The van der Waals surface area contributed by atoms with Crippen LogP contribution in [0.1, 0.15) is 54.3 Å². The summed E-state index contributed by atoms with van der Waals surface area (Å²) in [5.74, 6) is -1.53. The van der Waals surface area contributed by atoms with Crippen LogP contribution in [-0.4, -0.2) is 29.9 Å². The van der Waals surface area contributed by atoms with E-state index in [0.29, 0.717) is 17.5 Å². The molecule has 2 aliphatic rings. The topological polar surface area (TPSA) is 77.5 Å². The summed E-state index contributed by atoms with van der Waals surface area (Å²) in [5.41, 5.74) is -0.235. The number of ether oxygens (including phenoxy) is 1. The Morgan fingerprint density at radius 1 is 1.11 bits per heavy atom. The Bertz CT molecular complexity index is 905. The van der Waals surface area contributed by atoms with E-state index in [4.69, 9.17) is 4.74 Å². The van der Waals surface area contributed by atoms with Gasteiger partial charge in [-0.3, -0.25) is 14.4 Å². The van der Waals surface area contributed by atoms with E-state index in [9.17, 15) is 19.2 Å². The maximum Gasteiger partial charge on any atom is 0.317 e. The van der Waals surface area contributed by atoms with Crippen LogP contribution >= 0.6 is 0 Å². The van der Waals surface area contributed by atoms with Gasteiger partial charge in [0.1, 0.15) is 11.2 Å². The molecule has 0 N–H and O–H groups in total. The van der Waals surface area contributed by atoms with Crippen molar-refractivity contribution in [3.8, 4) is 0 Å². The molecule has 0 amide bonds. The predicted octanol–water partition coefficient (Wildman–Crippen LogP) is 3.49. The summed E-state index contributed by atoms with van der Waals surface area (Å²) in [6.07, 6.45) is 4.07. The number of allylic oxidation sites excluding steroid dienone is 3. The standard InChI is InChI=1S/C22H22O5/c1-4-27-21(26)22(3)14(10-9-13(2)23)11-12-17-18(22)20(25)16-8-6-5-7-15(16)19(17)24/h5-8,11-12,14H,4,9-10H2,1-3H3/t14-,22-/m0/s1. The molecule has 0 unspecified atom stereocenters. The molecule has 2 aliphatic carbocycles. The maximum atomic E-state index is 13.3. The van der Waals surface area contributed by atoms with Crippen LogP contribution in [-0.2, 0) is 14.3 Å². The van der Waals surface area contributed by atoms with Gasteiger partial charge in [0.2, 0.25) is 0 Å². The quantitative estimate of drug-likeness (QED) is 0.746. The molecule has 3 rings (SSSR count). The van der Waals surface area contributed by atoms with Crippen LogP contribution in [0.25, 0.3) is 0 Å². The van der Waals surface area contributed by atoms with Crippen molar-refractivity contribution >= 4 is 23.3 Å². The highest BCUT2D eigenvalue weighted by Crippen LogP contribution is 2.48. The van der Waals surface area contributed by atoms with Gasteiger partial charge in [-0.2, -0.15) is 0 Å². The minimum atomic E-state index is -1.31. The molecule has 5 nitrogen and oxygen atoms in total. The summed E-state index contributed by atoms with van der Waals surface area (Å²) in [7, 11) is 0. The third kappa shape index (κ3) is 2.97. The first-order valence-corrected chi connectivity index (χ1v) is 9.10. The number of carbonyl (C=O) groups excluding carboxylic acids is 4. The molecule has 27 heavy (non-hydrogen) atoms. The summed E-state index contributed by atoms with van der Waals surface area (Å²) >= 11 is 0. The maximum absolute atomic E-state index is 13.3. The Labute approximate surface area is 158 Å². The van der Waals surface area contributed by atoms with Crippen molar-refractivity contribution in [1.82, 2.24) is 0 Å². The lowest BCUT2D eigenvalue weighted by Gasteiger charge is -2.40. The minimum Gasteiger partial charge on any atom is -0.465 e. The first-order chi connectivity index (χ1) is 12.8. The van der Waals surface area contributed by atoms with E-state index < -0.39 is 17.3 Å². The molecule has 1 aromatic carbocycles. The zero-order valence-corrected chi connectivity index (χ0v) is 15.7. The number of benzene rings is 1. The number of Topliss-reactive ketones (excluding diaryl/α,β-unsaturated/α-hetero) is 3. The Morgan fingerprint density at radius 2 is 1.74 bits per heavy atom. The second-order valence-electron chi connectivity index (χ2n) is 7.12. The van der Waals surface area contributed by atoms with Gasteiger partial charge in [-0.1, -0.05) is 36.4 Å². The fourth-order valence-corrected chi connectivity index (χ4v) is 3.94. The number of hydrogen-bond donors (Lipinski definition) is 0. The molecule has 0 bridgehead atoms. The second kappa shape index (κ2) is 7.06. The van der Waals surface area contributed by atoms with E-state index in [0.717, 1.165) is 0 Å². The van der Waals surface area contributed by atoms with E-state index >= 15 is 0 Å². The molecule has 0 radical (unpaired) electrons. The van der Waals surface area contributed by atoms with Gasteiger partial charge < -0.3 is 9.53 Å². The summed E-state index contributed by atoms with van der Waals surface area (Å²) < 4.78 is 5.29. The summed E-state index contributed by atoms with van der Waals surface area (Å²) in [5, 5.41) is 0. The van der Waals surface area contributed by atoms with Crippen LogP contribution in [0.3, 0.4) is 0 Å². The Hall–Kier alpha value is -2.82. The van der Waals surface area contributed by atoms with Gasteiger partial charge in [0, 0.05) is 28.7 Å². The lowest BCUT2D eigenvalue weighted by atomic mass is 9.61. The van der Waals surface area contributed by atoms with Crippen molar-refractivity contribution in [3.05, 3.63) is 58.7 Å². The Kier molecular flexibility index (Phi) is 4.96. The van der Waals surface area contributed by atoms with E-state index in [1.165, 1.54) is 6.92 Å². The number of ketones is 3. The molecule has 0 heterocycles. The molecule has 0 aromatic heterocycles. The highest BCUT2D eigenvalue weighted by Gasteiger charge is 2.52. The zero-order valence-electron chi connectivity index (χ0n) is 15.7. The Balaban J connectivity index is 2.16. The highest BCUT2D eigenvalue weighted by atomic mass is 16.5. The minimum absolute atomic E-state index is 0.00535. The molecule has 0 saturated carbocycles. The van der Waals surface area contributed by atoms with Crippen LogP contribution < -0.4 is 0 Å².